The van der Waals surface area contributed by atoms with Gasteiger partial charge < -0.3 is 19.9 Å². The van der Waals surface area contributed by atoms with Crippen LogP contribution in [-0.2, 0) is 26.3 Å². The number of methoxy groups -OCH3 is 1. The first-order chi connectivity index (χ1) is 14.8. The molecule has 2 aliphatic rings. The van der Waals surface area contributed by atoms with Gasteiger partial charge in [0.05, 0.1) is 12.3 Å². The van der Waals surface area contributed by atoms with Gasteiger partial charge in [-0.05, 0) is 37.3 Å². The molecule has 0 aliphatic carbocycles. The lowest BCUT2D eigenvalue weighted by molar-refractivity contribution is -0.140. The van der Waals surface area contributed by atoms with Gasteiger partial charge in [0.15, 0.2) is 5.54 Å². The highest BCUT2D eigenvalue weighted by atomic mass is 16.5. The highest BCUT2D eigenvalue weighted by molar-refractivity contribution is 6.11. The van der Waals surface area contributed by atoms with Gasteiger partial charge in [0, 0.05) is 31.1 Å². The van der Waals surface area contributed by atoms with Crippen molar-refractivity contribution in [3.63, 3.8) is 0 Å². The van der Waals surface area contributed by atoms with E-state index < -0.39 is 17.6 Å². The molecule has 8 nitrogen and oxygen atoms in total. The number of benzene rings is 1. The van der Waals surface area contributed by atoms with E-state index >= 15 is 0 Å². The van der Waals surface area contributed by atoms with Crippen LogP contribution in [0.2, 0.25) is 0 Å². The molecule has 1 aromatic heterocycles. The highest BCUT2D eigenvalue weighted by Gasteiger charge is 2.60. The maximum absolute atomic E-state index is 13.8. The van der Waals surface area contributed by atoms with Crippen LogP contribution in [0.25, 0.3) is 10.9 Å². The number of fused-ring (bicyclic) bond motifs is 5. The first-order valence-corrected chi connectivity index (χ1v) is 10.8. The number of hydrogen-bond acceptors (Lipinski definition) is 4. The SMILES string of the molecule is COCCNC(=O)[C@H](CC(C)C)N1C(=O)N2CCc3c([nH]c4ccccc34)[C@@]2(C)C1=O. The van der Waals surface area contributed by atoms with E-state index in [-0.39, 0.29) is 17.7 Å². The van der Waals surface area contributed by atoms with Gasteiger partial charge in [-0.1, -0.05) is 32.0 Å². The highest BCUT2D eigenvalue weighted by Crippen LogP contribution is 2.44. The number of carbonyl (C=O) groups is 3. The normalized spacial score (nSPS) is 21.6. The quantitative estimate of drug-likeness (QED) is 0.525. The lowest BCUT2D eigenvalue weighted by atomic mass is 9.87. The topological polar surface area (TPSA) is 94.7 Å². The number of H-pyrrole nitrogens is 1. The number of amides is 4. The minimum Gasteiger partial charge on any atom is -0.383 e. The number of nitrogens with zero attached hydrogens (tertiary/aromatic N) is 2. The molecule has 2 aromatic rings. The van der Waals surface area contributed by atoms with Crippen LogP contribution < -0.4 is 5.32 Å². The fourth-order valence-corrected chi connectivity index (χ4v) is 4.86. The molecule has 166 valence electrons. The lowest BCUT2D eigenvalue weighted by Crippen LogP contribution is -2.51. The van der Waals surface area contributed by atoms with E-state index in [9.17, 15) is 14.4 Å². The third kappa shape index (κ3) is 3.29. The number of aromatic nitrogens is 1. The second kappa shape index (κ2) is 8.00. The molecule has 31 heavy (non-hydrogen) atoms. The Hall–Kier alpha value is -2.87. The maximum Gasteiger partial charge on any atom is 0.328 e. The largest absolute Gasteiger partial charge is 0.383 e. The van der Waals surface area contributed by atoms with Gasteiger partial charge in [-0.3, -0.25) is 9.59 Å². The number of nitrogens with one attached hydrogen (secondary N) is 2. The summed E-state index contributed by atoms with van der Waals surface area (Å²) in [5, 5.41) is 3.88. The van der Waals surface area contributed by atoms with Gasteiger partial charge in [0.1, 0.15) is 6.04 Å². The van der Waals surface area contributed by atoms with Crippen molar-refractivity contribution in [1.82, 2.24) is 20.1 Å². The molecule has 3 heterocycles. The van der Waals surface area contributed by atoms with E-state index in [0.29, 0.717) is 32.5 Å². The average Bonchev–Trinajstić information content (AvgIpc) is 3.21. The molecule has 1 saturated heterocycles. The Balaban J connectivity index is 1.73. The zero-order valence-corrected chi connectivity index (χ0v) is 18.5. The summed E-state index contributed by atoms with van der Waals surface area (Å²) in [6.07, 6.45) is 1.07. The standard InChI is InChI=1S/C23H30N4O4/c1-14(2)13-18(20(28)24-10-12-31-4)27-21(29)23(3)19-16(9-11-26(23)22(27)30)15-7-5-6-8-17(15)25-19/h5-8,14,18,25H,9-13H2,1-4H3,(H,24,28)/t18-,23-/m0/s1. The van der Waals surface area contributed by atoms with Crippen molar-refractivity contribution >= 4 is 28.7 Å². The molecule has 0 saturated carbocycles. The molecule has 4 amide bonds. The van der Waals surface area contributed by atoms with Crippen molar-refractivity contribution in [3.8, 4) is 0 Å². The number of carbonyl (C=O) groups excluding carboxylic acids is 3. The van der Waals surface area contributed by atoms with E-state index in [1.807, 2.05) is 38.1 Å². The van der Waals surface area contributed by atoms with E-state index in [1.165, 1.54) is 4.90 Å². The Bertz CT molecular complexity index is 1030. The van der Waals surface area contributed by atoms with E-state index in [0.717, 1.165) is 22.2 Å². The van der Waals surface area contributed by atoms with Crippen LogP contribution in [0.4, 0.5) is 4.79 Å². The molecule has 2 atom stereocenters. The van der Waals surface area contributed by atoms with Crippen LogP contribution in [0.5, 0.6) is 0 Å². The number of rotatable bonds is 7. The summed E-state index contributed by atoms with van der Waals surface area (Å²) in [7, 11) is 1.56. The molecule has 0 bridgehead atoms. The smallest absolute Gasteiger partial charge is 0.328 e. The van der Waals surface area contributed by atoms with E-state index in [2.05, 4.69) is 10.3 Å². The summed E-state index contributed by atoms with van der Waals surface area (Å²) < 4.78 is 5.01. The van der Waals surface area contributed by atoms with Crippen LogP contribution in [-0.4, -0.2) is 65.5 Å². The van der Waals surface area contributed by atoms with Gasteiger partial charge in [-0.2, -0.15) is 0 Å². The molecular weight excluding hydrogens is 396 g/mol. The zero-order chi connectivity index (χ0) is 22.3. The number of hydrogen-bond donors (Lipinski definition) is 2. The Labute approximate surface area is 181 Å². The van der Waals surface area contributed by atoms with E-state index in [4.69, 9.17) is 4.74 Å². The molecule has 0 unspecified atom stereocenters. The molecule has 0 spiro atoms. The minimum atomic E-state index is -1.15. The Morgan fingerprint density at radius 3 is 2.74 bits per heavy atom. The summed E-state index contributed by atoms with van der Waals surface area (Å²) in [6.45, 7) is 6.87. The van der Waals surface area contributed by atoms with Crippen molar-refractivity contribution in [3.05, 3.63) is 35.5 Å². The predicted molar refractivity (Wildman–Crippen MR) is 116 cm³/mol. The first kappa shape index (κ1) is 21.4. The first-order valence-electron chi connectivity index (χ1n) is 10.8. The predicted octanol–water partition coefficient (Wildman–Crippen LogP) is 2.38. The Morgan fingerprint density at radius 2 is 2.03 bits per heavy atom. The molecule has 1 fully saturated rings. The third-order valence-electron chi connectivity index (χ3n) is 6.41. The van der Waals surface area contributed by atoms with Crippen molar-refractivity contribution < 1.29 is 19.1 Å². The molecule has 1 aromatic carbocycles. The van der Waals surface area contributed by atoms with Crippen molar-refractivity contribution in [2.24, 2.45) is 5.92 Å². The van der Waals surface area contributed by atoms with Crippen LogP contribution in [0, 0.1) is 5.92 Å². The number of para-hydroxylation sites is 1. The van der Waals surface area contributed by atoms with Crippen LogP contribution in [0.3, 0.4) is 0 Å². The van der Waals surface area contributed by atoms with Gasteiger partial charge in [0.25, 0.3) is 5.91 Å². The number of ether oxygens (including phenoxy) is 1. The molecule has 0 radical (unpaired) electrons. The zero-order valence-electron chi connectivity index (χ0n) is 18.5. The molecule has 8 heteroatoms. The number of imide groups is 1. The molecule has 2 aliphatic heterocycles. The van der Waals surface area contributed by atoms with Crippen LogP contribution in [0.1, 0.15) is 38.4 Å². The monoisotopic (exact) mass is 426 g/mol. The van der Waals surface area contributed by atoms with Gasteiger partial charge in [-0.25, -0.2) is 9.69 Å². The fraction of sp³-hybridized carbons (Fsp3) is 0.522. The Morgan fingerprint density at radius 1 is 1.29 bits per heavy atom. The third-order valence-corrected chi connectivity index (χ3v) is 6.41. The van der Waals surface area contributed by atoms with Gasteiger partial charge >= 0.3 is 6.03 Å². The fourth-order valence-electron chi connectivity index (χ4n) is 4.86. The van der Waals surface area contributed by atoms with Crippen LogP contribution in [0.15, 0.2) is 24.3 Å². The second-order valence-electron chi connectivity index (χ2n) is 8.88. The van der Waals surface area contributed by atoms with Crippen molar-refractivity contribution in [2.75, 3.05) is 26.8 Å². The molecular formula is C23H30N4O4. The van der Waals surface area contributed by atoms with Gasteiger partial charge in [0.2, 0.25) is 5.91 Å². The summed E-state index contributed by atoms with van der Waals surface area (Å²) >= 11 is 0. The Kier molecular flexibility index (Phi) is 5.51. The summed E-state index contributed by atoms with van der Waals surface area (Å²) in [4.78, 5) is 46.4. The van der Waals surface area contributed by atoms with Crippen LogP contribution >= 0.6 is 0 Å². The minimum absolute atomic E-state index is 0.132. The average molecular weight is 427 g/mol. The van der Waals surface area contributed by atoms with Gasteiger partial charge in [-0.15, -0.1) is 0 Å². The lowest BCUT2D eigenvalue weighted by Gasteiger charge is -2.36. The molecule has 2 N–H and O–H groups in total. The molecule has 4 rings (SSSR count). The maximum atomic E-state index is 13.8. The second-order valence-corrected chi connectivity index (χ2v) is 8.88. The van der Waals surface area contributed by atoms with Crippen molar-refractivity contribution in [2.45, 2.75) is 45.2 Å². The summed E-state index contributed by atoms with van der Waals surface area (Å²) in [5.41, 5.74) is 1.63. The number of aromatic amines is 1. The summed E-state index contributed by atoms with van der Waals surface area (Å²) in [5.74, 6) is -0.543. The van der Waals surface area contributed by atoms with E-state index in [1.54, 1.807) is 18.9 Å². The number of urea groups is 1. The summed E-state index contributed by atoms with van der Waals surface area (Å²) in [6, 6.07) is 6.68. The van der Waals surface area contributed by atoms with Crippen molar-refractivity contribution in [1.29, 1.82) is 0 Å².